The summed E-state index contributed by atoms with van der Waals surface area (Å²) in [5.41, 5.74) is 5.73. The number of hydrogen-bond donors (Lipinski definition) is 13. The summed E-state index contributed by atoms with van der Waals surface area (Å²) in [5.74, 6) is -14.8. The number of aliphatic hydroxyl groups excluding tert-OH is 1. The molecule has 3 saturated heterocycles. The first-order valence-corrected chi connectivity index (χ1v) is 27.5. The zero-order valence-electron chi connectivity index (χ0n) is 44.9. The molecule has 11 amide bonds. The average molecular weight is 1160 g/mol. The van der Waals surface area contributed by atoms with Gasteiger partial charge in [-0.05, 0) is 88.0 Å². The van der Waals surface area contributed by atoms with E-state index in [0.29, 0.717) is 31.4 Å². The molecular formula is C50H71N11O19S. The fourth-order valence-electron chi connectivity index (χ4n) is 9.57. The largest absolute Gasteiger partial charge is 0.508 e. The Morgan fingerprint density at radius 3 is 1.58 bits per heavy atom. The number of phenolic OH excluding ortho intramolecular Hbond substituents is 1. The molecule has 1 aromatic rings. The van der Waals surface area contributed by atoms with E-state index in [4.69, 9.17) is 5.73 Å². The van der Waals surface area contributed by atoms with Crippen molar-refractivity contribution in [3.8, 4) is 5.75 Å². The standard InChI is InChI=1S/C50H71N11O19S/c1-25(52-47(77)36-8-5-18-60(36)50(80)37-9-6-19-61(37)48(78)30(16-20-81-3)53-26(2)63)42(72)55-32(22-39(67)68)45(75)54-29(14-15-38(65)66)43(73)57-33(23-40(69)70)46(76)56-31(21-27-10-12-28(64)13-11-27)44(74)58-34(24-62)49(79)59-17-4-7-35(59)41(51)71/h10-13,25,29-37,62,64H,4-9,14-24H2,1-3H3,(H2,51,71)(H,52,77)(H,53,63)(H,54,75)(H,55,72)(H,56,76)(H,57,73)(H,58,74)(H,65,66)(H,67,68)(H,69,70)/t25-,29-,30-,31-,32-,33-,34-,35-,36-,37-/m0/s1. The monoisotopic (exact) mass is 1160 g/mol. The van der Waals surface area contributed by atoms with E-state index in [1.54, 1.807) is 0 Å². The molecule has 0 aromatic heterocycles. The molecule has 81 heavy (non-hydrogen) atoms. The fourth-order valence-corrected chi connectivity index (χ4v) is 10.0. The van der Waals surface area contributed by atoms with Crippen LogP contribution < -0.4 is 43.0 Å². The molecule has 0 unspecified atom stereocenters. The molecule has 3 aliphatic heterocycles. The lowest BCUT2D eigenvalue weighted by Crippen LogP contribution is -2.61. The van der Waals surface area contributed by atoms with Gasteiger partial charge < -0.3 is 83.2 Å². The van der Waals surface area contributed by atoms with Gasteiger partial charge in [0.05, 0.1) is 19.4 Å². The van der Waals surface area contributed by atoms with Crippen molar-refractivity contribution in [3.05, 3.63) is 29.8 Å². The van der Waals surface area contributed by atoms with Gasteiger partial charge in [-0.3, -0.25) is 67.1 Å². The lowest BCUT2D eigenvalue weighted by molar-refractivity contribution is -0.148. The highest BCUT2D eigenvalue weighted by molar-refractivity contribution is 7.98. The first-order chi connectivity index (χ1) is 38.3. The molecule has 14 N–H and O–H groups in total. The van der Waals surface area contributed by atoms with Crippen LogP contribution in [0.1, 0.15) is 90.0 Å². The Morgan fingerprint density at radius 2 is 1.05 bits per heavy atom. The molecule has 1 aromatic carbocycles. The number of nitrogens with two attached hydrogens (primary N) is 1. The first-order valence-electron chi connectivity index (χ1n) is 26.1. The van der Waals surface area contributed by atoms with Crippen LogP contribution in [-0.4, -0.2) is 222 Å². The number of carboxylic acids is 3. The van der Waals surface area contributed by atoms with Crippen LogP contribution in [0.4, 0.5) is 0 Å². The SMILES string of the molecule is CSCC[C@H](NC(C)=O)C(=O)N1CCC[C@H]1C(=O)N1CCC[C@H]1C(=O)N[C@@H](C)C(=O)N[C@@H](CC(=O)O)C(=O)N[C@@H](CCC(=O)O)C(=O)N[C@@H](CC(=O)O)C(=O)N[C@@H](Cc1ccc(O)cc1)C(=O)N[C@@H](CO)C(=O)N1CCC[C@H]1C(N)=O. The number of carboxylic acid groups (broad SMARTS) is 3. The number of carbonyl (C=O) groups excluding carboxylic acids is 11. The van der Waals surface area contributed by atoms with Crippen LogP contribution >= 0.6 is 11.8 Å². The lowest BCUT2D eigenvalue weighted by Gasteiger charge is -2.33. The molecule has 0 bridgehead atoms. The summed E-state index contributed by atoms with van der Waals surface area (Å²) in [4.78, 5) is 187. The van der Waals surface area contributed by atoms with Gasteiger partial charge in [0.25, 0.3) is 0 Å². The molecule has 0 radical (unpaired) electrons. The number of carbonyl (C=O) groups is 14. The van der Waals surface area contributed by atoms with Crippen LogP contribution in [-0.2, 0) is 73.5 Å². The van der Waals surface area contributed by atoms with Crippen molar-refractivity contribution < 1.29 is 92.7 Å². The van der Waals surface area contributed by atoms with Gasteiger partial charge in [0, 0.05) is 39.4 Å². The predicted molar refractivity (Wildman–Crippen MR) is 282 cm³/mol. The Morgan fingerprint density at radius 1 is 0.580 bits per heavy atom. The first kappa shape index (κ1) is 65.4. The third-order valence-corrected chi connectivity index (χ3v) is 14.3. The summed E-state index contributed by atoms with van der Waals surface area (Å²) < 4.78 is 0. The number of benzene rings is 1. The number of rotatable bonds is 30. The number of aromatic hydroxyl groups is 1. The minimum atomic E-state index is -2.10. The van der Waals surface area contributed by atoms with Gasteiger partial charge >= 0.3 is 17.9 Å². The highest BCUT2D eigenvalue weighted by Crippen LogP contribution is 2.27. The second-order valence-electron chi connectivity index (χ2n) is 19.7. The van der Waals surface area contributed by atoms with E-state index in [0.717, 1.165) is 4.90 Å². The molecule has 31 heteroatoms. The van der Waals surface area contributed by atoms with Crippen LogP contribution in [0.3, 0.4) is 0 Å². The normalized spacial score (nSPS) is 19.3. The summed E-state index contributed by atoms with van der Waals surface area (Å²) in [6.07, 6.45) is -0.305. The second kappa shape index (κ2) is 31.1. The van der Waals surface area contributed by atoms with Crippen LogP contribution in [0.15, 0.2) is 24.3 Å². The molecular weight excluding hydrogens is 1090 g/mol. The van der Waals surface area contributed by atoms with Gasteiger partial charge in [0.1, 0.15) is 66.2 Å². The smallest absolute Gasteiger partial charge is 0.305 e. The van der Waals surface area contributed by atoms with E-state index < -0.39 is 182 Å². The number of amides is 11. The Bertz CT molecular complexity index is 2540. The summed E-state index contributed by atoms with van der Waals surface area (Å²) >= 11 is 1.47. The van der Waals surface area contributed by atoms with Crippen molar-refractivity contribution in [2.75, 3.05) is 38.2 Å². The number of hydrogen-bond acceptors (Lipinski definition) is 17. The molecule has 446 valence electrons. The number of phenols is 1. The maximum absolute atomic E-state index is 14.0. The summed E-state index contributed by atoms with van der Waals surface area (Å²) in [5, 5.41) is 65.1. The van der Waals surface area contributed by atoms with E-state index in [9.17, 15) is 92.7 Å². The number of nitrogens with zero attached hydrogens (tertiary/aromatic N) is 3. The average Bonchev–Trinajstić information content (AvgIpc) is 4.26. The van der Waals surface area contributed by atoms with Crippen molar-refractivity contribution >= 4 is 94.6 Å². The van der Waals surface area contributed by atoms with Crippen molar-refractivity contribution in [2.45, 2.75) is 151 Å². The molecule has 3 heterocycles. The maximum atomic E-state index is 14.0. The Balaban J connectivity index is 1.49. The van der Waals surface area contributed by atoms with E-state index in [2.05, 4.69) is 37.2 Å². The van der Waals surface area contributed by atoms with Gasteiger partial charge in [-0.1, -0.05) is 12.1 Å². The number of aliphatic carboxylic acids is 3. The highest BCUT2D eigenvalue weighted by Gasteiger charge is 2.45. The van der Waals surface area contributed by atoms with Crippen LogP contribution in [0.5, 0.6) is 5.75 Å². The molecule has 0 saturated carbocycles. The topological polar surface area (TPSA) is 460 Å². The van der Waals surface area contributed by atoms with Gasteiger partial charge in [0.15, 0.2) is 0 Å². The molecule has 3 fully saturated rings. The van der Waals surface area contributed by atoms with Crippen LogP contribution in [0.2, 0.25) is 0 Å². The van der Waals surface area contributed by atoms with Crippen molar-refractivity contribution in [3.63, 3.8) is 0 Å². The van der Waals surface area contributed by atoms with Gasteiger partial charge in [-0.25, -0.2) is 0 Å². The molecule has 30 nitrogen and oxygen atoms in total. The van der Waals surface area contributed by atoms with Crippen molar-refractivity contribution in [1.29, 1.82) is 0 Å². The minimum absolute atomic E-state index is 0.0623. The highest BCUT2D eigenvalue weighted by atomic mass is 32.2. The second-order valence-corrected chi connectivity index (χ2v) is 20.7. The summed E-state index contributed by atoms with van der Waals surface area (Å²) in [6, 6.07) is -9.79. The number of primary amides is 1. The van der Waals surface area contributed by atoms with E-state index in [1.807, 2.05) is 6.26 Å². The van der Waals surface area contributed by atoms with E-state index in [-0.39, 0.29) is 50.2 Å². The predicted octanol–water partition coefficient (Wildman–Crippen LogP) is -4.61. The maximum Gasteiger partial charge on any atom is 0.305 e. The van der Waals surface area contributed by atoms with Gasteiger partial charge in [-0.15, -0.1) is 0 Å². The lowest BCUT2D eigenvalue weighted by atomic mass is 10.0. The number of nitrogens with one attached hydrogen (secondary N) is 7. The van der Waals surface area contributed by atoms with E-state index >= 15 is 0 Å². The van der Waals surface area contributed by atoms with E-state index in [1.165, 1.54) is 59.7 Å². The molecule has 0 aliphatic carbocycles. The van der Waals surface area contributed by atoms with Crippen LogP contribution in [0.25, 0.3) is 0 Å². The van der Waals surface area contributed by atoms with Crippen LogP contribution in [0, 0.1) is 0 Å². The van der Waals surface area contributed by atoms with Crippen molar-refractivity contribution in [2.24, 2.45) is 5.73 Å². The Labute approximate surface area is 468 Å². The summed E-state index contributed by atoms with van der Waals surface area (Å²) in [7, 11) is 0. The zero-order chi connectivity index (χ0) is 60.2. The molecule has 4 rings (SSSR count). The van der Waals surface area contributed by atoms with Gasteiger partial charge in [-0.2, -0.15) is 11.8 Å². The summed E-state index contributed by atoms with van der Waals surface area (Å²) in [6.45, 7) is 1.90. The quantitative estimate of drug-likeness (QED) is 0.0345. The third-order valence-electron chi connectivity index (χ3n) is 13.7. The zero-order valence-corrected chi connectivity index (χ0v) is 45.7. The fraction of sp³-hybridized carbons (Fsp3) is 0.600. The molecule has 10 atom stereocenters. The Kier molecular flexibility index (Phi) is 25.1. The van der Waals surface area contributed by atoms with Crippen molar-refractivity contribution in [1.82, 2.24) is 51.9 Å². The molecule has 0 spiro atoms. The van der Waals surface area contributed by atoms with Gasteiger partial charge in [0.2, 0.25) is 65.0 Å². The number of aliphatic hydroxyl groups is 1. The molecule has 3 aliphatic rings. The minimum Gasteiger partial charge on any atom is -0.508 e. The third kappa shape index (κ3) is 19.3. The Hall–Kier alpha value is -8.09. The number of thioether (sulfide) groups is 1. The number of likely N-dealkylation sites (tertiary alicyclic amines) is 3.